The van der Waals surface area contributed by atoms with Crippen LogP contribution in [0.1, 0.15) is 25.3 Å². The summed E-state index contributed by atoms with van der Waals surface area (Å²) in [5.74, 6) is 0. The Balaban J connectivity index is 2.46. The number of aliphatic hydroxyl groups is 1. The first kappa shape index (κ1) is 13.0. The molecule has 2 heterocycles. The molecule has 2 aromatic rings. The Morgan fingerprint density at radius 3 is 2.94 bits per heavy atom. The molecule has 0 aromatic carbocycles. The van der Waals surface area contributed by atoms with Crippen LogP contribution < -0.4 is 5.56 Å². The van der Waals surface area contributed by atoms with Crippen molar-refractivity contribution in [2.75, 3.05) is 0 Å². The summed E-state index contributed by atoms with van der Waals surface area (Å²) >= 11 is 1.57. The second kappa shape index (κ2) is 5.93. The number of aromatic nitrogens is 2. The summed E-state index contributed by atoms with van der Waals surface area (Å²) in [5.41, 5.74) is 0.973. The largest absolute Gasteiger partial charge is 0.391 e. The Bertz CT molecular complexity index is 561. The van der Waals surface area contributed by atoms with Gasteiger partial charge in [-0.15, -0.1) is 11.3 Å². The van der Waals surface area contributed by atoms with E-state index in [9.17, 15) is 9.90 Å². The molecule has 0 aliphatic heterocycles. The molecule has 0 spiro atoms. The van der Waals surface area contributed by atoms with E-state index in [-0.39, 0.29) is 12.2 Å². The molecule has 4 nitrogen and oxygen atoms in total. The van der Waals surface area contributed by atoms with Gasteiger partial charge in [-0.3, -0.25) is 4.79 Å². The number of aryl methyl sites for hydroxylation is 1. The molecule has 0 saturated carbocycles. The highest BCUT2D eigenvalue weighted by atomic mass is 32.1. The molecular weight excluding hydrogens is 248 g/mol. The molecule has 1 N–H and O–H groups in total. The normalized spacial score (nSPS) is 10.8. The second-order valence-electron chi connectivity index (χ2n) is 4.07. The molecule has 0 aliphatic carbocycles. The first-order valence-electron chi connectivity index (χ1n) is 6.02. The molecule has 0 saturated heterocycles. The molecule has 2 aromatic heterocycles. The van der Waals surface area contributed by atoms with E-state index < -0.39 is 0 Å². The molecule has 5 heteroatoms. The Kier molecular flexibility index (Phi) is 4.28. The molecular formula is C13H16N2O2S. The van der Waals surface area contributed by atoms with Gasteiger partial charge in [0.25, 0.3) is 5.56 Å². The zero-order valence-electron chi connectivity index (χ0n) is 10.3. The van der Waals surface area contributed by atoms with Crippen molar-refractivity contribution in [2.24, 2.45) is 0 Å². The van der Waals surface area contributed by atoms with Gasteiger partial charge < -0.3 is 5.11 Å². The topological polar surface area (TPSA) is 55.1 Å². The molecule has 0 radical (unpaired) electrons. The van der Waals surface area contributed by atoms with Crippen LogP contribution in [0.15, 0.2) is 28.4 Å². The van der Waals surface area contributed by atoms with Crippen molar-refractivity contribution in [2.45, 2.75) is 32.9 Å². The average Bonchev–Trinajstić information content (AvgIpc) is 2.91. The van der Waals surface area contributed by atoms with Crippen molar-refractivity contribution in [1.82, 2.24) is 9.78 Å². The highest BCUT2D eigenvalue weighted by molar-refractivity contribution is 7.13. The number of rotatable bonds is 5. The number of aliphatic hydroxyl groups excluding tert-OH is 1. The van der Waals surface area contributed by atoms with E-state index in [0.717, 1.165) is 23.4 Å². The van der Waals surface area contributed by atoms with Crippen molar-refractivity contribution in [1.29, 1.82) is 0 Å². The third-order valence-corrected chi connectivity index (χ3v) is 3.61. The van der Waals surface area contributed by atoms with Gasteiger partial charge in [-0.05, 0) is 23.9 Å². The van der Waals surface area contributed by atoms with Gasteiger partial charge in [-0.25, -0.2) is 4.68 Å². The fourth-order valence-corrected chi connectivity index (χ4v) is 2.40. The first-order chi connectivity index (χ1) is 8.76. The van der Waals surface area contributed by atoms with Gasteiger partial charge in [-0.1, -0.05) is 19.4 Å². The van der Waals surface area contributed by atoms with Crippen LogP contribution in [0, 0.1) is 0 Å². The molecule has 0 bridgehead atoms. The standard InChI is InChI=1S/C13H16N2O2S/c1-2-3-6-15-13(17)10(9-16)8-11(14-15)12-5-4-7-18-12/h4-5,7-8,16H,2-3,6,9H2,1H3. The maximum atomic E-state index is 12.0. The predicted molar refractivity (Wildman–Crippen MR) is 72.6 cm³/mol. The van der Waals surface area contributed by atoms with Gasteiger partial charge in [0.05, 0.1) is 11.5 Å². The van der Waals surface area contributed by atoms with Gasteiger partial charge in [0.1, 0.15) is 5.69 Å². The Morgan fingerprint density at radius 1 is 1.50 bits per heavy atom. The van der Waals surface area contributed by atoms with Gasteiger partial charge >= 0.3 is 0 Å². The third kappa shape index (κ3) is 2.68. The minimum absolute atomic E-state index is 0.189. The SMILES string of the molecule is CCCCn1nc(-c2cccs2)cc(CO)c1=O. The van der Waals surface area contributed by atoms with Crippen LogP contribution in [-0.4, -0.2) is 14.9 Å². The van der Waals surface area contributed by atoms with Crippen molar-refractivity contribution in [3.05, 3.63) is 39.5 Å². The van der Waals surface area contributed by atoms with Gasteiger partial charge in [0.2, 0.25) is 0 Å². The number of thiophene rings is 1. The second-order valence-corrected chi connectivity index (χ2v) is 5.02. The molecule has 0 fully saturated rings. The predicted octanol–water partition coefficient (Wildman–Crippen LogP) is 2.26. The molecule has 2 rings (SSSR count). The molecule has 96 valence electrons. The number of unbranched alkanes of at least 4 members (excludes halogenated alkanes) is 1. The maximum absolute atomic E-state index is 12.0. The van der Waals surface area contributed by atoms with Gasteiger partial charge in [0.15, 0.2) is 0 Å². The van der Waals surface area contributed by atoms with Crippen molar-refractivity contribution >= 4 is 11.3 Å². The fourth-order valence-electron chi connectivity index (χ4n) is 1.71. The summed E-state index contributed by atoms with van der Waals surface area (Å²) in [6.07, 6.45) is 1.91. The molecule has 0 atom stereocenters. The maximum Gasteiger partial charge on any atom is 0.272 e. The van der Waals surface area contributed by atoms with Crippen LogP contribution in [0.2, 0.25) is 0 Å². The van der Waals surface area contributed by atoms with Gasteiger partial charge in [0, 0.05) is 12.1 Å². The Labute approximate surface area is 110 Å². The average molecular weight is 264 g/mol. The van der Waals surface area contributed by atoms with Crippen molar-refractivity contribution in [3.8, 4) is 10.6 Å². The lowest BCUT2D eigenvalue weighted by atomic mass is 10.2. The number of nitrogens with zero attached hydrogens (tertiary/aromatic N) is 2. The fraction of sp³-hybridized carbons (Fsp3) is 0.385. The van der Waals surface area contributed by atoms with E-state index >= 15 is 0 Å². The van der Waals surface area contributed by atoms with E-state index in [1.54, 1.807) is 17.4 Å². The van der Waals surface area contributed by atoms with Crippen molar-refractivity contribution in [3.63, 3.8) is 0 Å². The van der Waals surface area contributed by atoms with E-state index in [1.807, 2.05) is 17.5 Å². The van der Waals surface area contributed by atoms with E-state index in [4.69, 9.17) is 0 Å². The van der Waals surface area contributed by atoms with Crippen LogP contribution >= 0.6 is 11.3 Å². The number of hydrogen-bond acceptors (Lipinski definition) is 4. The minimum Gasteiger partial charge on any atom is -0.391 e. The lowest BCUT2D eigenvalue weighted by Gasteiger charge is -2.08. The summed E-state index contributed by atoms with van der Waals surface area (Å²) in [4.78, 5) is 13.0. The zero-order valence-corrected chi connectivity index (χ0v) is 11.1. The van der Waals surface area contributed by atoms with E-state index in [2.05, 4.69) is 12.0 Å². The molecule has 0 amide bonds. The lowest BCUT2D eigenvalue weighted by Crippen LogP contribution is -2.26. The van der Waals surface area contributed by atoms with Gasteiger partial charge in [-0.2, -0.15) is 5.10 Å². The van der Waals surface area contributed by atoms with Crippen LogP contribution in [-0.2, 0) is 13.2 Å². The molecule has 18 heavy (non-hydrogen) atoms. The van der Waals surface area contributed by atoms with Crippen LogP contribution in [0.4, 0.5) is 0 Å². The quantitative estimate of drug-likeness (QED) is 0.901. The molecule has 0 aliphatic rings. The highest BCUT2D eigenvalue weighted by Crippen LogP contribution is 2.22. The zero-order chi connectivity index (χ0) is 13.0. The van der Waals surface area contributed by atoms with Crippen LogP contribution in [0.5, 0.6) is 0 Å². The summed E-state index contributed by atoms with van der Waals surface area (Å²) in [5, 5.41) is 15.6. The third-order valence-electron chi connectivity index (χ3n) is 2.72. The first-order valence-corrected chi connectivity index (χ1v) is 6.90. The summed E-state index contributed by atoms with van der Waals surface area (Å²) in [6, 6.07) is 5.58. The summed E-state index contributed by atoms with van der Waals surface area (Å²) in [7, 11) is 0. The highest BCUT2D eigenvalue weighted by Gasteiger charge is 2.09. The lowest BCUT2D eigenvalue weighted by molar-refractivity contribution is 0.278. The minimum atomic E-state index is -0.244. The molecule has 0 unspecified atom stereocenters. The summed E-state index contributed by atoms with van der Waals surface area (Å²) in [6.45, 7) is 2.43. The monoisotopic (exact) mass is 264 g/mol. The summed E-state index contributed by atoms with van der Waals surface area (Å²) < 4.78 is 1.46. The van der Waals surface area contributed by atoms with E-state index in [1.165, 1.54) is 4.68 Å². The Morgan fingerprint density at radius 2 is 2.33 bits per heavy atom. The smallest absolute Gasteiger partial charge is 0.272 e. The van der Waals surface area contributed by atoms with Crippen LogP contribution in [0.25, 0.3) is 10.6 Å². The van der Waals surface area contributed by atoms with E-state index in [0.29, 0.717) is 12.1 Å². The van der Waals surface area contributed by atoms with Crippen LogP contribution in [0.3, 0.4) is 0 Å². The number of hydrogen-bond donors (Lipinski definition) is 1. The van der Waals surface area contributed by atoms with Crippen molar-refractivity contribution < 1.29 is 5.11 Å². The Hall–Kier alpha value is -1.46.